The molecule has 0 aliphatic heterocycles. The van der Waals surface area contributed by atoms with Gasteiger partial charge in [0.25, 0.3) is 0 Å². The van der Waals surface area contributed by atoms with Gasteiger partial charge in [0.2, 0.25) is 0 Å². The predicted molar refractivity (Wildman–Crippen MR) is 87.1 cm³/mol. The topological polar surface area (TPSA) is 20.2 Å². The van der Waals surface area contributed by atoms with Crippen molar-refractivity contribution in [2.45, 2.75) is 31.3 Å². The van der Waals surface area contributed by atoms with E-state index in [9.17, 15) is 5.11 Å². The van der Waals surface area contributed by atoms with E-state index in [0.717, 1.165) is 18.4 Å². The van der Waals surface area contributed by atoms with Gasteiger partial charge in [0.15, 0.2) is 0 Å². The van der Waals surface area contributed by atoms with Gasteiger partial charge in [0.05, 0.1) is 5.60 Å². The van der Waals surface area contributed by atoms with Crippen molar-refractivity contribution in [1.82, 2.24) is 0 Å². The van der Waals surface area contributed by atoms with Crippen LogP contribution in [0, 0.1) is 5.92 Å². The first-order chi connectivity index (χ1) is 10.2. The Hall–Kier alpha value is -1.86. The molecular formula is C20H22O. The Bertz CT molecular complexity index is 598. The molecule has 21 heavy (non-hydrogen) atoms. The highest BCUT2D eigenvalue weighted by atomic mass is 16.3. The van der Waals surface area contributed by atoms with Crippen LogP contribution in [0.4, 0.5) is 0 Å². The number of hydrogen-bond acceptors (Lipinski definition) is 1. The van der Waals surface area contributed by atoms with Crippen molar-refractivity contribution in [1.29, 1.82) is 0 Å². The zero-order valence-corrected chi connectivity index (χ0v) is 12.4. The molecule has 0 spiro atoms. The molecular weight excluding hydrogens is 256 g/mol. The number of rotatable bonds is 3. The van der Waals surface area contributed by atoms with Crippen molar-refractivity contribution in [3.8, 4) is 0 Å². The fraction of sp³-hybridized carbons (Fsp3) is 0.300. The van der Waals surface area contributed by atoms with E-state index < -0.39 is 5.60 Å². The van der Waals surface area contributed by atoms with Crippen LogP contribution in [0.2, 0.25) is 0 Å². The van der Waals surface area contributed by atoms with Crippen LogP contribution in [0.15, 0.2) is 72.8 Å². The summed E-state index contributed by atoms with van der Waals surface area (Å²) in [5.74, 6) is 0.648. The Morgan fingerprint density at radius 2 is 1.57 bits per heavy atom. The highest BCUT2D eigenvalue weighted by Crippen LogP contribution is 2.41. The summed E-state index contributed by atoms with van der Waals surface area (Å²) in [7, 11) is 0. The Kier molecular flexibility index (Phi) is 3.94. The zero-order chi connectivity index (χ0) is 14.7. The molecule has 2 aromatic rings. The lowest BCUT2D eigenvalue weighted by atomic mass is 9.73. The van der Waals surface area contributed by atoms with Gasteiger partial charge in [0.1, 0.15) is 0 Å². The van der Waals surface area contributed by atoms with Crippen molar-refractivity contribution >= 4 is 0 Å². The molecule has 1 nitrogen and oxygen atoms in total. The second-order valence-corrected chi connectivity index (χ2v) is 6.13. The zero-order valence-electron chi connectivity index (χ0n) is 12.4. The first kappa shape index (κ1) is 14.1. The third-order valence-electron chi connectivity index (χ3n) is 4.68. The average molecular weight is 278 g/mol. The third-order valence-corrected chi connectivity index (χ3v) is 4.68. The van der Waals surface area contributed by atoms with Crippen LogP contribution >= 0.6 is 0 Å². The van der Waals surface area contributed by atoms with E-state index in [1.807, 2.05) is 37.3 Å². The number of aliphatic hydroxyl groups is 1. The van der Waals surface area contributed by atoms with E-state index in [1.165, 1.54) is 5.56 Å². The minimum Gasteiger partial charge on any atom is -0.385 e. The molecule has 2 aromatic carbocycles. The molecule has 1 heteroatoms. The van der Waals surface area contributed by atoms with Crippen molar-refractivity contribution in [2.75, 3.05) is 0 Å². The Morgan fingerprint density at radius 3 is 2.24 bits per heavy atom. The second kappa shape index (κ2) is 5.87. The average Bonchev–Trinajstić information content (AvgIpc) is 2.57. The maximum absolute atomic E-state index is 11.0. The first-order valence-electron chi connectivity index (χ1n) is 7.67. The van der Waals surface area contributed by atoms with E-state index >= 15 is 0 Å². The predicted octanol–water partition coefficient (Wildman–Crippen LogP) is 4.64. The molecule has 0 radical (unpaired) electrons. The van der Waals surface area contributed by atoms with E-state index in [-0.39, 0.29) is 5.92 Å². The van der Waals surface area contributed by atoms with Gasteiger partial charge >= 0.3 is 0 Å². The summed E-state index contributed by atoms with van der Waals surface area (Å²) in [4.78, 5) is 0. The third kappa shape index (κ3) is 2.93. The quantitative estimate of drug-likeness (QED) is 0.811. The van der Waals surface area contributed by atoms with Gasteiger partial charge in [-0.2, -0.15) is 0 Å². The van der Waals surface area contributed by atoms with Crippen molar-refractivity contribution in [3.63, 3.8) is 0 Å². The molecule has 108 valence electrons. The number of allylic oxidation sites excluding steroid dienone is 1. The number of hydrogen-bond donors (Lipinski definition) is 1. The van der Waals surface area contributed by atoms with E-state index in [1.54, 1.807) is 0 Å². The Morgan fingerprint density at radius 1 is 0.952 bits per heavy atom. The molecule has 0 bridgehead atoms. The fourth-order valence-electron chi connectivity index (χ4n) is 3.29. The van der Waals surface area contributed by atoms with Crippen LogP contribution in [0.1, 0.15) is 36.8 Å². The standard InChI is InChI=1S/C20H22O/c1-20(21,18-12-6-3-7-13-18)19-14-8-11-17(15-19)16-9-4-2-5-10-16/h2-10,12-14,17,19,21H,11,15H2,1H3/t17-,19-,20-/m0/s1. The van der Waals surface area contributed by atoms with E-state index in [2.05, 4.69) is 42.5 Å². The molecule has 1 aliphatic carbocycles. The van der Waals surface area contributed by atoms with Gasteiger partial charge < -0.3 is 5.11 Å². The van der Waals surface area contributed by atoms with Crippen molar-refractivity contribution < 1.29 is 5.11 Å². The van der Waals surface area contributed by atoms with Crippen LogP contribution < -0.4 is 0 Å². The molecule has 1 aliphatic rings. The molecule has 0 aromatic heterocycles. The van der Waals surface area contributed by atoms with Gasteiger partial charge in [-0.3, -0.25) is 0 Å². The highest BCUT2D eigenvalue weighted by Gasteiger charge is 2.35. The molecule has 0 unspecified atom stereocenters. The summed E-state index contributed by atoms with van der Waals surface area (Å²) in [6, 6.07) is 20.6. The van der Waals surface area contributed by atoms with Crippen LogP contribution in [0.25, 0.3) is 0 Å². The van der Waals surface area contributed by atoms with E-state index in [0.29, 0.717) is 5.92 Å². The lowest BCUT2D eigenvalue weighted by molar-refractivity contribution is 0.00573. The summed E-state index contributed by atoms with van der Waals surface area (Å²) in [5, 5.41) is 11.0. The fourth-order valence-corrected chi connectivity index (χ4v) is 3.29. The Labute approximate surface area is 127 Å². The van der Waals surface area contributed by atoms with Gasteiger partial charge in [-0.15, -0.1) is 0 Å². The van der Waals surface area contributed by atoms with Crippen molar-refractivity contribution in [3.05, 3.63) is 83.9 Å². The van der Waals surface area contributed by atoms with Crippen LogP contribution in [-0.2, 0) is 5.60 Å². The summed E-state index contributed by atoms with van der Waals surface area (Å²) in [6.45, 7) is 1.94. The molecule has 0 saturated heterocycles. The van der Waals surface area contributed by atoms with Crippen LogP contribution in [-0.4, -0.2) is 5.11 Å². The monoisotopic (exact) mass is 278 g/mol. The van der Waals surface area contributed by atoms with Crippen LogP contribution in [0.5, 0.6) is 0 Å². The molecule has 0 amide bonds. The molecule has 0 fully saturated rings. The molecule has 3 atom stereocenters. The minimum atomic E-state index is -0.814. The molecule has 0 saturated carbocycles. The summed E-state index contributed by atoms with van der Waals surface area (Å²) in [5.41, 5.74) is 1.55. The van der Waals surface area contributed by atoms with E-state index in [4.69, 9.17) is 0 Å². The van der Waals surface area contributed by atoms with Gasteiger partial charge in [-0.25, -0.2) is 0 Å². The normalized spacial score (nSPS) is 24.5. The van der Waals surface area contributed by atoms with Gasteiger partial charge in [0, 0.05) is 5.92 Å². The van der Waals surface area contributed by atoms with Gasteiger partial charge in [-0.1, -0.05) is 72.8 Å². The lowest BCUT2D eigenvalue weighted by Crippen LogP contribution is -2.33. The highest BCUT2D eigenvalue weighted by molar-refractivity contribution is 5.27. The molecule has 1 N–H and O–H groups in total. The summed E-state index contributed by atoms with van der Waals surface area (Å²) >= 11 is 0. The minimum absolute atomic E-state index is 0.152. The largest absolute Gasteiger partial charge is 0.385 e. The number of benzene rings is 2. The maximum atomic E-state index is 11.0. The lowest BCUT2D eigenvalue weighted by Gasteiger charge is -2.36. The second-order valence-electron chi connectivity index (χ2n) is 6.13. The Balaban J connectivity index is 1.83. The molecule has 0 heterocycles. The van der Waals surface area contributed by atoms with Crippen molar-refractivity contribution in [2.24, 2.45) is 5.92 Å². The smallest absolute Gasteiger partial charge is 0.0931 e. The maximum Gasteiger partial charge on any atom is 0.0931 e. The van der Waals surface area contributed by atoms with Crippen LogP contribution in [0.3, 0.4) is 0 Å². The summed E-state index contributed by atoms with van der Waals surface area (Å²) < 4.78 is 0. The van der Waals surface area contributed by atoms with Gasteiger partial charge in [-0.05, 0) is 36.8 Å². The summed E-state index contributed by atoms with van der Waals surface area (Å²) in [6.07, 6.45) is 6.46. The molecule has 3 rings (SSSR count). The first-order valence-corrected chi connectivity index (χ1v) is 7.67. The SMILES string of the molecule is C[C@](O)(c1ccccc1)[C@H]1C=CC[C@H](c2ccccc2)C1.